The Balaban J connectivity index is 0.00000164. The molecule has 5 rings (SSSR count). The first-order valence-electron chi connectivity index (χ1n) is 13.4. The molecule has 8 nitrogen and oxygen atoms in total. The largest absolute Gasteiger partial charge is 0.489 e. The monoisotopic (exact) mass is 516 g/mol. The highest BCUT2D eigenvalue weighted by Crippen LogP contribution is 2.30. The number of amides is 2. The first kappa shape index (κ1) is 27.3. The number of aldehydes is 1. The molecule has 2 aromatic carbocycles. The molecule has 3 heterocycles. The molecule has 1 aromatic heterocycles. The van der Waals surface area contributed by atoms with E-state index in [2.05, 4.69) is 39.5 Å². The highest BCUT2D eigenvalue weighted by atomic mass is 16.5. The van der Waals surface area contributed by atoms with E-state index in [0.29, 0.717) is 18.5 Å². The van der Waals surface area contributed by atoms with E-state index >= 15 is 0 Å². The minimum absolute atomic E-state index is 0.0737. The van der Waals surface area contributed by atoms with Gasteiger partial charge in [0.05, 0.1) is 5.52 Å². The zero-order chi connectivity index (χ0) is 27.1. The Kier molecular flexibility index (Phi) is 9.07. The number of fused-ring (bicyclic) bond motifs is 2. The van der Waals surface area contributed by atoms with Crippen molar-refractivity contribution in [1.82, 2.24) is 20.1 Å². The van der Waals surface area contributed by atoms with Gasteiger partial charge in [0, 0.05) is 56.8 Å². The van der Waals surface area contributed by atoms with Crippen LogP contribution in [-0.4, -0.2) is 65.2 Å². The van der Waals surface area contributed by atoms with Crippen molar-refractivity contribution < 1.29 is 19.1 Å². The molecule has 200 valence electrons. The maximum Gasteiger partial charge on any atom is 0.255 e. The van der Waals surface area contributed by atoms with Crippen molar-refractivity contribution in [1.29, 1.82) is 0 Å². The SMILES string of the molecule is CC.CNC(=O)[C@H](CCC=O)N1Cc2cc(O[C@H]3CCN(Cc4ccc5ncccc5c4)C3)ccc2C1=O. The highest BCUT2D eigenvalue weighted by molar-refractivity contribution is 6.01. The maximum absolute atomic E-state index is 13.0. The first-order chi connectivity index (χ1) is 18.6. The van der Waals surface area contributed by atoms with Crippen LogP contribution in [0, 0.1) is 0 Å². The standard InChI is InChI=1S/C28H30N4O4.C2H6/c1-29-27(34)26(5-3-13-33)32-17-21-15-22(7-8-24(21)28(32)35)36-23-10-12-31(18-23)16-19-6-9-25-20(14-19)4-2-11-30-25;1-2/h2,4,6-9,11,13-15,23,26H,3,5,10,12,16-18H2,1H3,(H,29,34);1-2H3/t23-,26-;/m0./s1. The minimum Gasteiger partial charge on any atom is -0.489 e. The van der Waals surface area contributed by atoms with Crippen LogP contribution < -0.4 is 10.1 Å². The predicted molar refractivity (Wildman–Crippen MR) is 147 cm³/mol. The second kappa shape index (κ2) is 12.6. The number of hydrogen-bond donors (Lipinski definition) is 1. The average Bonchev–Trinajstić information content (AvgIpc) is 3.52. The van der Waals surface area contributed by atoms with E-state index < -0.39 is 6.04 Å². The smallest absolute Gasteiger partial charge is 0.255 e. The number of carbonyl (C=O) groups is 3. The summed E-state index contributed by atoms with van der Waals surface area (Å²) in [5.41, 5.74) is 3.69. The van der Waals surface area contributed by atoms with Gasteiger partial charge in [-0.1, -0.05) is 26.0 Å². The molecule has 2 amide bonds. The normalized spacial score (nSPS) is 17.5. The summed E-state index contributed by atoms with van der Waals surface area (Å²) in [6.07, 6.45) is 4.12. The highest BCUT2D eigenvalue weighted by Gasteiger charge is 2.36. The molecule has 1 N–H and O–H groups in total. The lowest BCUT2D eigenvalue weighted by molar-refractivity contribution is -0.125. The van der Waals surface area contributed by atoms with E-state index in [1.54, 1.807) is 11.0 Å². The van der Waals surface area contributed by atoms with Gasteiger partial charge in [-0.05, 0) is 60.4 Å². The minimum atomic E-state index is -0.668. The number of benzene rings is 2. The van der Waals surface area contributed by atoms with Gasteiger partial charge < -0.3 is 19.7 Å². The molecule has 2 atom stereocenters. The fraction of sp³-hybridized carbons (Fsp3) is 0.400. The summed E-state index contributed by atoms with van der Waals surface area (Å²) in [6.45, 7) is 6.98. The van der Waals surface area contributed by atoms with E-state index in [-0.39, 0.29) is 24.3 Å². The van der Waals surface area contributed by atoms with E-state index in [1.165, 1.54) is 12.6 Å². The molecule has 38 heavy (non-hydrogen) atoms. The molecule has 2 aliphatic heterocycles. The summed E-state index contributed by atoms with van der Waals surface area (Å²) >= 11 is 0. The Morgan fingerprint density at radius 1 is 1.21 bits per heavy atom. The third-order valence-electron chi connectivity index (χ3n) is 7.00. The predicted octanol–water partition coefficient (Wildman–Crippen LogP) is 3.96. The first-order valence-corrected chi connectivity index (χ1v) is 13.4. The van der Waals surface area contributed by atoms with Crippen LogP contribution in [0.2, 0.25) is 0 Å². The molecular formula is C30H36N4O4. The summed E-state index contributed by atoms with van der Waals surface area (Å²) in [5.74, 6) is 0.285. The Hall–Kier alpha value is -3.78. The fourth-order valence-electron chi connectivity index (χ4n) is 5.18. The number of hydrogen-bond acceptors (Lipinski definition) is 6. The quantitative estimate of drug-likeness (QED) is 0.433. The van der Waals surface area contributed by atoms with Crippen LogP contribution >= 0.6 is 0 Å². The number of carbonyl (C=O) groups excluding carboxylic acids is 3. The number of likely N-dealkylation sites (N-methyl/N-ethyl adjacent to an activating group) is 1. The van der Waals surface area contributed by atoms with Gasteiger partial charge in [0.25, 0.3) is 5.91 Å². The zero-order valence-corrected chi connectivity index (χ0v) is 22.4. The Morgan fingerprint density at radius 3 is 2.84 bits per heavy atom. The topological polar surface area (TPSA) is 91.8 Å². The van der Waals surface area contributed by atoms with Crippen molar-refractivity contribution >= 4 is 29.0 Å². The van der Waals surface area contributed by atoms with Crippen molar-refractivity contribution in [2.24, 2.45) is 0 Å². The number of ether oxygens (including phenoxy) is 1. The third kappa shape index (κ3) is 6.02. The van der Waals surface area contributed by atoms with Gasteiger partial charge in [-0.25, -0.2) is 0 Å². The van der Waals surface area contributed by atoms with Gasteiger partial charge in [0.2, 0.25) is 5.91 Å². The number of rotatable bonds is 9. The molecule has 8 heteroatoms. The number of nitrogens with zero attached hydrogens (tertiary/aromatic N) is 3. The van der Waals surface area contributed by atoms with Crippen molar-refractivity contribution in [2.75, 3.05) is 20.1 Å². The van der Waals surface area contributed by atoms with E-state index in [9.17, 15) is 14.4 Å². The Labute approximate surface area is 224 Å². The molecule has 0 bridgehead atoms. The molecule has 0 radical (unpaired) electrons. The lowest BCUT2D eigenvalue weighted by Crippen LogP contribution is -2.46. The van der Waals surface area contributed by atoms with Crippen molar-refractivity contribution in [3.05, 3.63) is 71.4 Å². The summed E-state index contributed by atoms with van der Waals surface area (Å²) in [5, 5.41) is 3.75. The van der Waals surface area contributed by atoms with E-state index in [1.807, 2.05) is 38.2 Å². The number of nitrogens with one attached hydrogen (secondary N) is 1. The van der Waals surface area contributed by atoms with Gasteiger partial charge in [0.15, 0.2) is 0 Å². The fourth-order valence-corrected chi connectivity index (χ4v) is 5.18. The summed E-state index contributed by atoms with van der Waals surface area (Å²) < 4.78 is 6.30. The van der Waals surface area contributed by atoms with Crippen LogP contribution in [0.25, 0.3) is 10.9 Å². The van der Waals surface area contributed by atoms with E-state index in [0.717, 1.165) is 54.6 Å². The summed E-state index contributed by atoms with van der Waals surface area (Å²) in [7, 11) is 1.54. The van der Waals surface area contributed by atoms with Gasteiger partial charge in [-0.15, -0.1) is 0 Å². The molecule has 0 saturated carbocycles. The molecule has 1 saturated heterocycles. The van der Waals surface area contributed by atoms with E-state index in [4.69, 9.17) is 4.74 Å². The lowest BCUT2D eigenvalue weighted by atomic mass is 10.1. The van der Waals surface area contributed by atoms with Crippen LogP contribution in [0.15, 0.2) is 54.7 Å². The molecule has 3 aromatic rings. The third-order valence-corrected chi connectivity index (χ3v) is 7.00. The summed E-state index contributed by atoms with van der Waals surface area (Å²) in [4.78, 5) is 44.5. The van der Waals surface area contributed by atoms with Crippen molar-refractivity contribution in [3.8, 4) is 5.75 Å². The van der Waals surface area contributed by atoms with Gasteiger partial charge in [0.1, 0.15) is 24.2 Å². The number of pyridine rings is 1. The van der Waals surface area contributed by atoms with Gasteiger partial charge in [-0.3, -0.25) is 19.5 Å². The second-order valence-electron chi connectivity index (χ2n) is 9.42. The molecule has 0 spiro atoms. The van der Waals surface area contributed by atoms with Gasteiger partial charge >= 0.3 is 0 Å². The van der Waals surface area contributed by atoms with Crippen LogP contribution in [0.4, 0.5) is 0 Å². The van der Waals surface area contributed by atoms with Crippen molar-refractivity contribution in [2.45, 2.75) is 58.3 Å². The zero-order valence-electron chi connectivity index (χ0n) is 22.4. The van der Waals surface area contributed by atoms with Crippen LogP contribution in [0.5, 0.6) is 5.75 Å². The molecule has 1 fully saturated rings. The van der Waals surface area contributed by atoms with Gasteiger partial charge in [-0.2, -0.15) is 0 Å². The maximum atomic E-state index is 13.0. The van der Waals surface area contributed by atoms with Crippen LogP contribution in [0.1, 0.15) is 54.6 Å². The number of likely N-dealkylation sites (tertiary alicyclic amines) is 1. The molecule has 0 aliphatic carbocycles. The number of aromatic nitrogens is 1. The Morgan fingerprint density at radius 2 is 2.05 bits per heavy atom. The van der Waals surface area contributed by atoms with Crippen LogP contribution in [-0.2, 0) is 22.7 Å². The van der Waals surface area contributed by atoms with Crippen molar-refractivity contribution in [3.63, 3.8) is 0 Å². The lowest BCUT2D eigenvalue weighted by Gasteiger charge is -2.25. The molecule has 0 unspecified atom stereocenters. The molecule has 2 aliphatic rings. The Bertz CT molecular complexity index is 1290. The molecular weight excluding hydrogens is 480 g/mol. The second-order valence-corrected chi connectivity index (χ2v) is 9.42. The van der Waals surface area contributed by atoms with Crippen LogP contribution in [0.3, 0.4) is 0 Å². The summed E-state index contributed by atoms with van der Waals surface area (Å²) in [6, 6.07) is 15.3. The average molecular weight is 517 g/mol.